The summed E-state index contributed by atoms with van der Waals surface area (Å²) < 4.78 is 10.6. The molecule has 2 aromatic rings. The van der Waals surface area contributed by atoms with Crippen LogP contribution in [-0.2, 0) is 4.79 Å². The van der Waals surface area contributed by atoms with Gasteiger partial charge in [0.2, 0.25) is 12.7 Å². The molecule has 1 saturated heterocycles. The van der Waals surface area contributed by atoms with Crippen LogP contribution >= 0.6 is 0 Å². The molecule has 1 fully saturated rings. The number of piperazine rings is 1. The van der Waals surface area contributed by atoms with Crippen LogP contribution in [0.15, 0.2) is 48.5 Å². The third-order valence-corrected chi connectivity index (χ3v) is 5.61. The Hall–Kier alpha value is -3.06. The zero-order valence-corrected chi connectivity index (χ0v) is 16.4. The van der Waals surface area contributed by atoms with E-state index in [1.807, 2.05) is 37.3 Å². The summed E-state index contributed by atoms with van der Waals surface area (Å²) in [6.07, 6.45) is 0. The third kappa shape index (κ3) is 3.91. The van der Waals surface area contributed by atoms with Gasteiger partial charge in [-0.25, -0.2) is 0 Å². The molecule has 2 N–H and O–H groups in total. The smallest absolute Gasteiger partial charge is 0.254 e. The van der Waals surface area contributed by atoms with Crippen LogP contribution in [0.4, 0.5) is 0 Å². The zero-order chi connectivity index (χ0) is 20.4. The maximum Gasteiger partial charge on any atom is 0.254 e. The lowest BCUT2D eigenvalue weighted by Gasteiger charge is -2.37. The second kappa shape index (κ2) is 8.13. The Labute approximate surface area is 170 Å². The van der Waals surface area contributed by atoms with Gasteiger partial charge in [0.1, 0.15) is 0 Å². The molecule has 0 aromatic heterocycles. The van der Waals surface area contributed by atoms with Crippen molar-refractivity contribution in [1.29, 1.82) is 0 Å². The predicted octanol–water partition coefficient (Wildman–Crippen LogP) is 2.04. The van der Waals surface area contributed by atoms with Crippen LogP contribution in [0.2, 0.25) is 0 Å². The topological polar surface area (TPSA) is 85.1 Å². The van der Waals surface area contributed by atoms with E-state index < -0.39 is 0 Å². The molecule has 29 heavy (non-hydrogen) atoms. The minimum absolute atomic E-state index is 0.0246. The van der Waals surface area contributed by atoms with Crippen molar-refractivity contribution in [3.05, 3.63) is 59.7 Å². The summed E-state index contributed by atoms with van der Waals surface area (Å²) in [5.41, 5.74) is 7.82. The standard InChI is InChI=1S/C22H25N3O4/c1-15(20(23)16-5-3-2-4-6-16)21(26)24-9-11-25(12-10-24)22(27)17-7-8-18-19(13-17)29-14-28-18/h2-8,13,15,20H,9-12,14,23H2,1H3. The van der Waals surface area contributed by atoms with Gasteiger partial charge in [0.05, 0.1) is 5.92 Å². The second-order valence-electron chi connectivity index (χ2n) is 7.41. The van der Waals surface area contributed by atoms with E-state index in [9.17, 15) is 9.59 Å². The fourth-order valence-electron chi connectivity index (χ4n) is 3.75. The molecule has 7 nitrogen and oxygen atoms in total. The van der Waals surface area contributed by atoms with Crippen LogP contribution in [0.1, 0.15) is 28.9 Å². The van der Waals surface area contributed by atoms with E-state index in [-0.39, 0.29) is 30.6 Å². The van der Waals surface area contributed by atoms with Gasteiger partial charge in [0.25, 0.3) is 5.91 Å². The summed E-state index contributed by atoms with van der Waals surface area (Å²) in [6, 6.07) is 14.5. The van der Waals surface area contributed by atoms with Gasteiger partial charge in [-0.3, -0.25) is 9.59 Å². The Morgan fingerprint density at radius 1 is 0.931 bits per heavy atom. The highest BCUT2D eigenvalue weighted by Gasteiger charge is 2.30. The number of carbonyl (C=O) groups is 2. The van der Waals surface area contributed by atoms with Gasteiger partial charge in [-0.1, -0.05) is 37.3 Å². The highest BCUT2D eigenvalue weighted by atomic mass is 16.7. The molecule has 2 unspecified atom stereocenters. The van der Waals surface area contributed by atoms with Crippen molar-refractivity contribution >= 4 is 11.8 Å². The quantitative estimate of drug-likeness (QED) is 0.856. The lowest BCUT2D eigenvalue weighted by Crippen LogP contribution is -2.52. The molecule has 7 heteroatoms. The molecule has 4 rings (SSSR count). The van der Waals surface area contributed by atoms with Crippen molar-refractivity contribution in [2.45, 2.75) is 13.0 Å². The molecular formula is C22H25N3O4. The number of nitrogens with zero attached hydrogens (tertiary/aromatic N) is 2. The van der Waals surface area contributed by atoms with Crippen molar-refractivity contribution in [2.75, 3.05) is 33.0 Å². The molecule has 2 aliphatic rings. The molecule has 2 amide bonds. The number of benzene rings is 2. The first-order valence-corrected chi connectivity index (χ1v) is 9.83. The summed E-state index contributed by atoms with van der Waals surface area (Å²) in [7, 11) is 0. The predicted molar refractivity (Wildman–Crippen MR) is 108 cm³/mol. The van der Waals surface area contributed by atoms with Crippen molar-refractivity contribution < 1.29 is 19.1 Å². The number of fused-ring (bicyclic) bond motifs is 1. The molecule has 0 bridgehead atoms. The fraction of sp³-hybridized carbons (Fsp3) is 0.364. The fourth-order valence-corrected chi connectivity index (χ4v) is 3.75. The summed E-state index contributed by atoms with van der Waals surface area (Å²) in [5.74, 6) is 0.878. The van der Waals surface area contributed by atoms with Crippen molar-refractivity contribution in [1.82, 2.24) is 9.80 Å². The summed E-state index contributed by atoms with van der Waals surface area (Å²) in [5, 5.41) is 0. The summed E-state index contributed by atoms with van der Waals surface area (Å²) in [6.45, 7) is 4.03. The van der Waals surface area contributed by atoms with E-state index in [1.54, 1.807) is 28.0 Å². The molecule has 0 aliphatic carbocycles. The van der Waals surface area contributed by atoms with E-state index >= 15 is 0 Å². The lowest BCUT2D eigenvalue weighted by atomic mass is 9.94. The first kappa shape index (κ1) is 19.3. The van der Waals surface area contributed by atoms with Crippen molar-refractivity contribution in [3.63, 3.8) is 0 Å². The zero-order valence-electron chi connectivity index (χ0n) is 16.4. The van der Waals surface area contributed by atoms with E-state index in [0.29, 0.717) is 43.2 Å². The average molecular weight is 395 g/mol. The number of hydrogen-bond acceptors (Lipinski definition) is 5. The third-order valence-electron chi connectivity index (χ3n) is 5.61. The maximum atomic E-state index is 12.9. The van der Waals surface area contributed by atoms with Crippen molar-refractivity contribution in [3.8, 4) is 11.5 Å². The number of hydrogen-bond donors (Lipinski definition) is 1. The number of rotatable bonds is 4. The number of nitrogens with two attached hydrogens (primary N) is 1. The van der Waals surface area contributed by atoms with Gasteiger partial charge in [-0.2, -0.15) is 0 Å². The Balaban J connectivity index is 1.35. The van der Waals surface area contributed by atoms with Gasteiger partial charge < -0.3 is 25.0 Å². The van der Waals surface area contributed by atoms with Crippen LogP contribution < -0.4 is 15.2 Å². The summed E-state index contributed by atoms with van der Waals surface area (Å²) >= 11 is 0. The van der Waals surface area contributed by atoms with Gasteiger partial charge in [0.15, 0.2) is 11.5 Å². The normalized spacial score (nSPS) is 17.7. The Bertz CT molecular complexity index is 894. The molecule has 2 aromatic carbocycles. The Morgan fingerprint density at radius 2 is 1.59 bits per heavy atom. The van der Waals surface area contributed by atoms with E-state index in [2.05, 4.69) is 0 Å². The molecule has 152 valence electrons. The molecule has 2 atom stereocenters. The number of amides is 2. The van der Waals surface area contributed by atoms with Crippen LogP contribution in [-0.4, -0.2) is 54.6 Å². The van der Waals surface area contributed by atoms with Gasteiger partial charge in [0, 0.05) is 37.8 Å². The van der Waals surface area contributed by atoms with Crippen LogP contribution in [0.3, 0.4) is 0 Å². The van der Waals surface area contributed by atoms with E-state index in [1.165, 1.54) is 0 Å². The minimum atomic E-state index is -0.350. The van der Waals surface area contributed by atoms with Crippen molar-refractivity contribution in [2.24, 2.45) is 11.7 Å². The SMILES string of the molecule is CC(C(=O)N1CCN(C(=O)c2ccc3c(c2)OCO3)CC1)C(N)c1ccccc1. The Morgan fingerprint density at radius 3 is 2.31 bits per heavy atom. The highest BCUT2D eigenvalue weighted by molar-refractivity contribution is 5.95. The highest BCUT2D eigenvalue weighted by Crippen LogP contribution is 2.33. The summed E-state index contributed by atoms with van der Waals surface area (Å²) in [4.78, 5) is 29.3. The minimum Gasteiger partial charge on any atom is -0.454 e. The van der Waals surface area contributed by atoms with Crippen LogP contribution in [0.5, 0.6) is 11.5 Å². The van der Waals surface area contributed by atoms with Gasteiger partial charge in [-0.15, -0.1) is 0 Å². The van der Waals surface area contributed by atoms with Gasteiger partial charge >= 0.3 is 0 Å². The van der Waals surface area contributed by atoms with E-state index in [4.69, 9.17) is 15.2 Å². The Kier molecular flexibility index (Phi) is 5.40. The molecule has 0 saturated carbocycles. The van der Waals surface area contributed by atoms with Crippen LogP contribution in [0.25, 0.3) is 0 Å². The number of ether oxygens (including phenoxy) is 2. The van der Waals surface area contributed by atoms with Gasteiger partial charge in [-0.05, 0) is 23.8 Å². The molecule has 2 heterocycles. The number of carbonyl (C=O) groups excluding carboxylic acids is 2. The maximum absolute atomic E-state index is 12.9. The first-order chi connectivity index (χ1) is 14.0. The molecule has 0 radical (unpaired) electrons. The van der Waals surface area contributed by atoms with Crippen LogP contribution in [0, 0.1) is 5.92 Å². The molecule has 0 spiro atoms. The largest absolute Gasteiger partial charge is 0.454 e. The lowest BCUT2D eigenvalue weighted by molar-refractivity contribution is -0.137. The average Bonchev–Trinajstić information content (AvgIpc) is 3.25. The monoisotopic (exact) mass is 395 g/mol. The molecule has 2 aliphatic heterocycles. The first-order valence-electron chi connectivity index (χ1n) is 9.83. The van der Waals surface area contributed by atoms with E-state index in [0.717, 1.165) is 5.56 Å². The second-order valence-corrected chi connectivity index (χ2v) is 7.41. The molecular weight excluding hydrogens is 370 g/mol.